The Hall–Kier alpha value is -2.82. The van der Waals surface area contributed by atoms with Crippen molar-refractivity contribution in [1.29, 1.82) is 0 Å². The van der Waals surface area contributed by atoms with E-state index < -0.39 is 5.66 Å². The zero-order chi connectivity index (χ0) is 19.2. The van der Waals surface area contributed by atoms with Gasteiger partial charge in [0.1, 0.15) is 5.66 Å². The molecule has 0 aliphatic carbocycles. The number of carbonyl (C=O) groups excluding carboxylic acids is 2. The lowest BCUT2D eigenvalue weighted by molar-refractivity contribution is 0.0609. The Labute approximate surface area is 160 Å². The second-order valence-electron chi connectivity index (χ2n) is 7.73. The van der Waals surface area contributed by atoms with E-state index in [0.29, 0.717) is 25.9 Å². The van der Waals surface area contributed by atoms with Crippen molar-refractivity contribution < 1.29 is 9.59 Å². The van der Waals surface area contributed by atoms with Crippen LogP contribution in [-0.4, -0.2) is 42.5 Å². The smallest absolute Gasteiger partial charge is 0.255 e. The molecule has 2 aromatic carbocycles. The van der Waals surface area contributed by atoms with E-state index in [4.69, 9.17) is 0 Å². The van der Waals surface area contributed by atoms with Crippen LogP contribution in [0, 0.1) is 13.8 Å². The zero-order valence-corrected chi connectivity index (χ0v) is 16.1. The van der Waals surface area contributed by atoms with Gasteiger partial charge in [0.2, 0.25) is 0 Å². The summed E-state index contributed by atoms with van der Waals surface area (Å²) in [5.41, 5.74) is 4.15. The predicted octanol–water partition coefficient (Wildman–Crippen LogP) is 3.12. The van der Waals surface area contributed by atoms with Gasteiger partial charge in [-0.3, -0.25) is 9.59 Å². The van der Waals surface area contributed by atoms with Crippen LogP contribution in [0.15, 0.2) is 42.5 Å². The Kier molecular flexibility index (Phi) is 4.17. The summed E-state index contributed by atoms with van der Waals surface area (Å²) in [6, 6.07) is 13.7. The molecule has 0 radical (unpaired) electrons. The lowest BCUT2D eigenvalue weighted by Crippen LogP contribution is -2.67. The van der Waals surface area contributed by atoms with Crippen molar-refractivity contribution in [1.82, 2.24) is 10.2 Å². The van der Waals surface area contributed by atoms with Gasteiger partial charge in [-0.25, -0.2) is 0 Å². The summed E-state index contributed by atoms with van der Waals surface area (Å²) >= 11 is 0. The highest BCUT2D eigenvalue weighted by Gasteiger charge is 2.44. The molecule has 5 nitrogen and oxygen atoms in total. The van der Waals surface area contributed by atoms with Crippen LogP contribution in [0.3, 0.4) is 0 Å². The molecule has 2 aromatic rings. The maximum atomic E-state index is 12.8. The summed E-state index contributed by atoms with van der Waals surface area (Å²) < 4.78 is 0. The van der Waals surface area contributed by atoms with Crippen LogP contribution in [0.4, 0.5) is 5.69 Å². The van der Waals surface area contributed by atoms with Crippen LogP contribution < -0.4 is 10.2 Å². The Balaban J connectivity index is 1.54. The molecule has 4 rings (SSSR count). The highest BCUT2D eigenvalue weighted by Crippen LogP contribution is 2.36. The summed E-state index contributed by atoms with van der Waals surface area (Å²) in [7, 11) is 2.03. The minimum absolute atomic E-state index is 0.0229. The second-order valence-corrected chi connectivity index (χ2v) is 7.73. The molecule has 1 fully saturated rings. The number of fused-ring (bicyclic) bond motifs is 1. The van der Waals surface area contributed by atoms with Gasteiger partial charge >= 0.3 is 0 Å². The van der Waals surface area contributed by atoms with Crippen molar-refractivity contribution in [2.75, 3.05) is 25.0 Å². The number of likely N-dealkylation sites (tertiary alicyclic amines) is 1. The van der Waals surface area contributed by atoms with Crippen molar-refractivity contribution in [2.24, 2.45) is 0 Å². The molecule has 2 heterocycles. The molecule has 0 saturated carbocycles. The van der Waals surface area contributed by atoms with Gasteiger partial charge in [0.15, 0.2) is 0 Å². The lowest BCUT2D eigenvalue weighted by Gasteiger charge is -2.51. The Morgan fingerprint density at radius 3 is 2.44 bits per heavy atom. The van der Waals surface area contributed by atoms with Gasteiger partial charge in [0.05, 0.1) is 11.3 Å². The van der Waals surface area contributed by atoms with Crippen molar-refractivity contribution in [2.45, 2.75) is 32.4 Å². The van der Waals surface area contributed by atoms with Crippen molar-refractivity contribution in [3.63, 3.8) is 0 Å². The third kappa shape index (κ3) is 2.97. The van der Waals surface area contributed by atoms with E-state index in [1.165, 1.54) is 0 Å². The third-order valence-corrected chi connectivity index (χ3v) is 5.89. The van der Waals surface area contributed by atoms with E-state index in [1.54, 1.807) is 0 Å². The number of carbonyl (C=O) groups is 2. The van der Waals surface area contributed by atoms with E-state index in [-0.39, 0.29) is 11.8 Å². The predicted molar refractivity (Wildman–Crippen MR) is 106 cm³/mol. The first kappa shape index (κ1) is 17.6. The topological polar surface area (TPSA) is 52.7 Å². The average molecular weight is 363 g/mol. The lowest BCUT2D eigenvalue weighted by atomic mass is 9.89. The third-order valence-electron chi connectivity index (χ3n) is 5.89. The number of hydrogen-bond acceptors (Lipinski definition) is 3. The molecule has 2 aliphatic rings. The Bertz CT molecular complexity index is 914. The minimum atomic E-state index is -0.428. The maximum absolute atomic E-state index is 12.8. The minimum Gasteiger partial charge on any atom is -0.351 e. The highest BCUT2D eigenvalue weighted by molar-refractivity contribution is 6.02. The number of anilines is 1. The van der Waals surface area contributed by atoms with Crippen LogP contribution in [0.5, 0.6) is 0 Å². The van der Waals surface area contributed by atoms with E-state index in [1.807, 2.05) is 68.3 Å². The van der Waals surface area contributed by atoms with E-state index in [9.17, 15) is 9.59 Å². The fourth-order valence-corrected chi connectivity index (χ4v) is 4.22. The summed E-state index contributed by atoms with van der Waals surface area (Å²) in [6.45, 7) is 5.23. The number of rotatable bonds is 1. The average Bonchev–Trinajstić information content (AvgIpc) is 2.66. The van der Waals surface area contributed by atoms with Gasteiger partial charge in [-0.15, -0.1) is 0 Å². The van der Waals surface area contributed by atoms with Gasteiger partial charge in [-0.2, -0.15) is 0 Å². The first-order valence-electron chi connectivity index (χ1n) is 9.43. The van der Waals surface area contributed by atoms with E-state index in [0.717, 1.165) is 27.9 Å². The normalized spacial score (nSPS) is 18.3. The molecular weight excluding hydrogens is 338 g/mol. The van der Waals surface area contributed by atoms with Crippen LogP contribution in [-0.2, 0) is 0 Å². The molecule has 5 heteroatoms. The first-order valence-corrected chi connectivity index (χ1v) is 9.43. The van der Waals surface area contributed by atoms with Crippen molar-refractivity contribution in [3.8, 4) is 0 Å². The van der Waals surface area contributed by atoms with Crippen LogP contribution in [0.25, 0.3) is 0 Å². The van der Waals surface area contributed by atoms with Crippen LogP contribution in [0.2, 0.25) is 0 Å². The maximum Gasteiger partial charge on any atom is 0.255 e. The number of aryl methyl sites for hydroxylation is 2. The van der Waals surface area contributed by atoms with Crippen molar-refractivity contribution >= 4 is 17.5 Å². The molecule has 2 aliphatic heterocycles. The number of hydrogen-bond donors (Lipinski definition) is 1. The first-order chi connectivity index (χ1) is 12.9. The molecule has 0 atom stereocenters. The van der Waals surface area contributed by atoms with Crippen LogP contribution in [0.1, 0.15) is 44.7 Å². The molecule has 2 amide bonds. The Morgan fingerprint density at radius 1 is 1.04 bits per heavy atom. The number of benzene rings is 2. The summed E-state index contributed by atoms with van der Waals surface area (Å²) in [6.07, 6.45) is 1.42. The molecule has 0 aromatic heterocycles. The van der Waals surface area contributed by atoms with E-state index >= 15 is 0 Å². The summed E-state index contributed by atoms with van der Waals surface area (Å²) in [5.74, 6) is 0.0413. The van der Waals surface area contributed by atoms with Gasteiger partial charge < -0.3 is 15.1 Å². The second kappa shape index (κ2) is 6.41. The standard InChI is InChI=1S/C22H25N3O2/c1-15-5-4-6-17(13-15)21(27)25-11-9-22(10-12-25)23-20(26)18-14-16(2)7-8-19(18)24(22)3/h4-8,13-14H,9-12H2,1-3H3,(H,23,26). The van der Waals surface area contributed by atoms with Gasteiger partial charge in [-0.1, -0.05) is 29.3 Å². The number of nitrogens with one attached hydrogen (secondary N) is 1. The molecule has 1 spiro atoms. The SMILES string of the molecule is Cc1cccc(C(=O)N2CCC3(CC2)NC(=O)c2cc(C)ccc2N3C)c1. The van der Waals surface area contributed by atoms with Gasteiger partial charge in [0, 0.05) is 38.5 Å². The molecular formula is C22H25N3O2. The molecule has 27 heavy (non-hydrogen) atoms. The molecule has 0 bridgehead atoms. The molecule has 0 unspecified atom stereocenters. The number of piperidine rings is 1. The van der Waals surface area contributed by atoms with Gasteiger partial charge in [0.25, 0.3) is 11.8 Å². The van der Waals surface area contributed by atoms with Crippen LogP contribution >= 0.6 is 0 Å². The van der Waals surface area contributed by atoms with E-state index in [2.05, 4.69) is 10.2 Å². The summed E-state index contributed by atoms with van der Waals surface area (Å²) in [5, 5.41) is 3.22. The highest BCUT2D eigenvalue weighted by atomic mass is 16.2. The zero-order valence-electron chi connectivity index (χ0n) is 16.1. The summed E-state index contributed by atoms with van der Waals surface area (Å²) in [4.78, 5) is 29.6. The fourth-order valence-electron chi connectivity index (χ4n) is 4.22. The largest absolute Gasteiger partial charge is 0.351 e. The number of amides is 2. The molecule has 1 saturated heterocycles. The molecule has 1 N–H and O–H groups in total. The van der Waals surface area contributed by atoms with Crippen molar-refractivity contribution in [3.05, 3.63) is 64.7 Å². The Morgan fingerprint density at radius 2 is 1.74 bits per heavy atom. The number of nitrogens with zero attached hydrogens (tertiary/aromatic N) is 2. The quantitative estimate of drug-likeness (QED) is 0.847. The fraction of sp³-hybridized carbons (Fsp3) is 0.364. The monoisotopic (exact) mass is 363 g/mol. The van der Waals surface area contributed by atoms with Gasteiger partial charge in [-0.05, 0) is 38.1 Å². The molecule has 140 valence electrons.